The van der Waals surface area contributed by atoms with Gasteiger partial charge in [0.1, 0.15) is 11.6 Å². The molecule has 0 spiro atoms. The summed E-state index contributed by atoms with van der Waals surface area (Å²) >= 11 is 0. The van der Waals surface area contributed by atoms with Crippen molar-refractivity contribution in [3.63, 3.8) is 0 Å². The van der Waals surface area contributed by atoms with Crippen molar-refractivity contribution in [2.75, 3.05) is 13.1 Å². The Morgan fingerprint density at radius 1 is 1.19 bits per heavy atom. The molecule has 1 aliphatic heterocycles. The third-order valence-corrected chi connectivity index (χ3v) is 5.20. The number of benzene rings is 1. The summed E-state index contributed by atoms with van der Waals surface area (Å²) in [4.78, 5) is 26.7. The highest BCUT2D eigenvalue weighted by atomic mass is 16.6. The highest BCUT2D eigenvalue weighted by molar-refractivity contribution is 5.86. The standard InChI is InChI=1S/C21H30N2O3/c1-21(2,3)26-20(25)23-13-7-12-18(23)19(24)22-14-16-10-6-9-15-8-4-5-11-17(15)16/h4-5,8,11,16,18H,6-7,9-10,12-14H2,1-3H3,(H,22,24)/t16-,18-/m0/s1. The Balaban J connectivity index is 1.59. The zero-order valence-electron chi connectivity index (χ0n) is 16.1. The summed E-state index contributed by atoms with van der Waals surface area (Å²) in [5.41, 5.74) is 2.20. The molecule has 26 heavy (non-hydrogen) atoms. The van der Waals surface area contributed by atoms with E-state index in [1.165, 1.54) is 11.1 Å². The van der Waals surface area contributed by atoms with Gasteiger partial charge < -0.3 is 10.1 Å². The molecular formula is C21H30N2O3. The van der Waals surface area contributed by atoms with Gasteiger partial charge in [0.2, 0.25) is 5.91 Å². The van der Waals surface area contributed by atoms with Crippen molar-refractivity contribution in [1.82, 2.24) is 10.2 Å². The number of aryl methyl sites for hydroxylation is 1. The van der Waals surface area contributed by atoms with Gasteiger partial charge in [-0.2, -0.15) is 0 Å². The molecule has 1 aromatic rings. The van der Waals surface area contributed by atoms with Crippen LogP contribution in [0, 0.1) is 0 Å². The van der Waals surface area contributed by atoms with Crippen LogP contribution in [0.3, 0.4) is 0 Å². The maximum Gasteiger partial charge on any atom is 0.410 e. The van der Waals surface area contributed by atoms with E-state index in [0.29, 0.717) is 25.4 Å². The zero-order chi connectivity index (χ0) is 18.7. The van der Waals surface area contributed by atoms with Crippen molar-refractivity contribution >= 4 is 12.0 Å². The first kappa shape index (κ1) is 18.7. The Labute approximate surface area is 156 Å². The van der Waals surface area contributed by atoms with Crippen LogP contribution in [0.25, 0.3) is 0 Å². The van der Waals surface area contributed by atoms with Crippen LogP contribution in [-0.2, 0) is 16.0 Å². The Hall–Kier alpha value is -2.04. The number of amides is 2. The number of fused-ring (bicyclic) bond motifs is 1. The van der Waals surface area contributed by atoms with Crippen molar-refractivity contribution in [3.05, 3.63) is 35.4 Å². The predicted molar refractivity (Wildman–Crippen MR) is 101 cm³/mol. The van der Waals surface area contributed by atoms with E-state index in [4.69, 9.17) is 4.74 Å². The summed E-state index contributed by atoms with van der Waals surface area (Å²) in [6.07, 6.45) is 4.52. The van der Waals surface area contributed by atoms with E-state index >= 15 is 0 Å². The molecule has 142 valence electrons. The van der Waals surface area contributed by atoms with Crippen LogP contribution in [0.4, 0.5) is 4.79 Å². The number of hydrogen-bond acceptors (Lipinski definition) is 3. The second-order valence-corrected chi connectivity index (χ2v) is 8.36. The second kappa shape index (κ2) is 7.68. The third kappa shape index (κ3) is 4.37. The van der Waals surface area contributed by atoms with Crippen molar-refractivity contribution < 1.29 is 14.3 Å². The van der Waals surface area contributed by atoms with Crippen molar-refractivity contribution in [3.8, 4) is 0 Å². The van der Waals surface area contributed by atoms with E-state index < -0.39 is 17.7 Å². The highest BCUT2D eigenvalue weighted by Crippen LogP contribution is 2.31. The van der Waals surface area contributed by atoms with E-state index in [-0.39, 0.29) is 5.91 Å². The van der Waals surface area contributed by atoms with Gasteiger partial charge in [-0.05, 0) is 64.0 Å². The molecule has 3 rings (SSSR count). The van der Waals surface area contributed by atoms with Gasteiger partial charge in [-0.1, -0.05) is 24.3 Å². The third-order valence-electron chi connectivity index (χ3n) is 5.20. The topological polar surface area (TPSA) is 58.6 Å². The molecular weight excluding hydrogens is 328 g/mol. The molecule has 0 saturated carbocycles. The predicted octanol–water partition coefficient (Wildman–Crippen LogP) is 3.62. The van der Waals surface area contributed by atoms with Crippen molar-refractivity contribution in [2.45, 2.75) is 70.4 Å². The number of rotatable bonds is 3. The number of nitrogens with zero attached hydrogens (tertiary/aromatic N) is 1. The Bertz CT molecular complexity index is 665. The van der Waals surface area contributed by atoms with Crippen LogP contribution in [0.1, 0.15) is 63.5 Å². The molecule has 1 aromatic carbocycles. The highest BCUT2D eigenvalue weighted by Gasteiger charge is 2.36. The fourth-order valence-electron chi connectivity index (χ4n) is 3.99. The number of ether oxygens (including phenoxy) is 1. The molecule has 1 fully saturated rings. The van der Waals surface area contributed by atoms with Crippen LogP contribution < -0.4 is 5.32 Å². The summed E-state index contributed by atoms with van der Waals surface area (Å²) in [5, 5.41) is 3.09. The van der Waals surface area contributed by atoms with Crippen LogP contribution >= 0.6 is 0 Å². The molecule has 5 heteroatoms. The first-order valence-corrected chi connectivity index (χ1v) is 9.70. The number of hydrogen-bond donors (Lipinski definition) is 1. The minimum Gasteiger partial charge on any atom is -0.444 e. The Morgan fingerprint density at radius 2 is 1.96 bits per heavy atom. The lowest BCUT2D eigenvalue weighted by Gasteiger charge is -2.29. The Kier molecular flexibility index (Phi) is 5.54. The average molecular weight is 358 g/mol. The van der Waals surface area contributed by atoms with Gasteiger partial charge in [-0.3, -0.25) is 9.69 Å². The lowest BCUT2D eigenvalue weighted by atomic mass is 9.83. The largest absolute Gasteiger partial charge is 0.444 e. The monoisotopic (exact) mass is 358 g/mol. The van der Waals surface area contributed by atoms with Crippen LogP contribution in [0.2, 0.25) is 0 Å². The molecule has 2 atom stereocenters. The molecule has 0 unspecified atom stereocenters. The van der Waals surface area contributed by atoms with E-state index in [9.17, 15) is 9.59 Å². The molecule has 5 nitrogen and oxygen atoms in total. The molecule has 0 radical (unpaired) electrons. The van der Waals surface area contributed by atoms with Gasteiger partial charge >= 0.3 is 6.09 Å². The first-order valence-electron chi connectivity index (χ1n) is 9.70. The van der Waals surface area contributed by atoms with E-state index in [1.54, 1.807) is 4.90 Å². The average Bonchev–Trinajstić information content (AvgIpc) is 3.08. The Morgan fingerprint density at radius 3 is 2.73 bits per heavy atom. The minimum absolute atomic E-state index is 0.0589. The second-order valence-electron chi connectivity index (χ2n) is 8.36. The smallest absolute Gasteiger partial charge is 0.410 e. The van der Waals surface area contributed by atoms with Gasteiger partial charge in [0.25, 0.3) is 0 Å². The number of carbonyl (C=O) groups excluding carboxylic acids is 2. The molecule has 2 aliphatic rings. The number of likely N-dealkylation sites (tertiary alicyclic amines) is 1. The van der Waals surface area contributed by atoms with Crippen molar-refractivity contribution in [1.29, 1.82) is 0 Å². The SMILES string of the molecule is CC(C)(C)OC(=O)N1CCC[C@H]1C(=O)NC[C@@H]1CCCc2ccccc21. The van der Waals surface area contributed by atoms with Gasteiger partial charge in [0.05, 0.1) is 0 Å². The van der Waals surface area contributed by atoms with E-state index in [0.717, 1.165) is 25.7 Å². The number of nitrogens with one attached hydrogen (secondary N) is 1. The quantitative estimate of drug-likeness (QED) is 0.898. The fraction of sp³-hybridized carbons (Fsp3) is 0.619. The minimum atomic E-state index is -0.549. The van der Waals surface area contributed by atoms with E-state index in [2.05, 4.69) is 29.6 Å². The first-order chi connectivity index (χ1) is 12.3. The van der Waals surface area contributed by atoms with Gasteiger partial charge in [-0.25, -0.2) is 4.79 Å². The maximum absolute atomic E-state index is 12.7. The van der Waals surface area contributed by atoms with Gasteiger partial charge in [-0.15, -0.1) is 0 Å². The van der Waals surface area contributed by atoms with Crippen molar-refractivity contribution in [2.24, 2.45) is 0 Å². The number of carbonyl (C=O) groups is 2. The molecule has 0 bridgehead atoms. The van der Waals surface area contributed by atoms with Crippen LogP contribution in [0.15, 0.2) is 24.3 Å². The summed E-state index contributed by atoms with van der Waals surface area (Å²) < 4.78 is 5.45. The zero-order valence-corrected chi connectivity index (χ0v) is 16.1. The molecule has 1 aliphatic carbocycles. The molecule has 2 amide bonds. The van der Waals surface area contributed by atoms with E-state index in [1.807, 2.05) is 20.8 Å². The summed E-state index contributed by atoms with van der Waals surface area (Å²) in [7, 11) is 0. The van der Waals surface area contributed by atoms with Crippen LogP contribution in [-0.4, -0.2) is 41.6 Å². The summed E-state index contributed by atoms with van der Waals surface area (Å²) in [6.45, 7) is 6.75. The summed E-state index contributed by atoms with van der Waals surface area (Å²) in [6, 6.07) is 8.10. The molecule has 0 aromatic heterocycles. The van der Waals surface area contributed by atoms with Gasteiger partial charge in [0, 0.05) is 19.0 Å². The molecule has 1 saturated heterocycles. The molecule has 1 N–H and O–H groups in total. The lowest BCUT2D eigenvalue weighted by Crippen LogP contribution is -2.48. The molecule has 1 heterocycles. The normalized spacial score (nSPS) is 22.7. The summed E-state index contributed by atoms with van der Waals surface area (Å²) in [5.74, 6) is 0.302. The van der Waals surface area contributed by atoms with Gasteiger partial charge in [0.15, 0.2) is 0 Å². The maximum atomic E-state index is 12.7. The fourth-order valence-corrected chi connectivity index (χ4v) is 3.99. The van der Waals surface area contributed by atoms with Crippen LogP contribution in [0.5, 0.6) is 0 Å². The lowest BCUT2D eigenvalue weighted by molar-refractivity contribution is -0.125.